The third-order valence-corrected chi connectivity index (χ3v) is 3.22. The van der Waals surface area contributed by atoms with Gasteiger partial charge in [0, 0.05) is 5.69 Å². The van der Waals surface area contributed by atoms with E-state index in [0.717, 1.165) is 24.3 Å². The van der Waals surface area contributed by atoms with Gasteiger partial charge >= 0.3 is 0 Å². The van der Waals surface area contributed by atoms with Crippen LogP contribution in [0.1, 0.15) is 25.3 Å². The summed E-state index contributed by atoms with van der Waals surface area (Å²) in [5.41, 5.74) is 1.34. The van der Waals surface area contributed by atoms with Crippen LogP contribution in [0.4, 0.5) is 5.69 Å². The van der Waals surface area contributed by atoms with Crippen LogP contribution >= 0.6 is 11.8 Å². The first kappa shape index (κ1) is 13.6. The maximum atomic E-state index is 11.5. The molecule has 1 N–H and O–H groups in total. The molecule has 0 atom stereocenters. The van der Waals surface area contributed by atoms with E-state index in [2.05, 4.69) is 12.2 Å². The molecule has 0 bridgehead atoms. The van der Waals surface area contributed by atoms with E-state index in [0.29, 0.717) is 11.3 Å². The van der Waals surface area contributed by atoms with Crippen molar-refractivity contribution >= 4 is 23.4 Å². The van der Waals surface area contributed by atoms with E-state index in [1.54, 1.807) is 36.0 Å². The molecule has 1 aromatic carbocycles. The predicted octanol–water partition coefficient (Wildman–Crippen LogP) is 3.03. The second-order valence-electron chi connectivity index (χ2n) is 3.64. The first-order chi connectivity index (χ1) is 8.26. The highest BCUT2D eigenvalue weighted by molar-refractivity contribution is 7.99. The molecular weight excluding hydrogens is 232 g/mol. The van der Waals surface area contributed by atoms with E-state index in [1.165, 1.54) is 0 Å². The van der Waals surface area contributed by atoms with Gasteiger partial charge in [0.15, 0.2) is 0 Å². The Balaban J connectivity index is 2.32. The molecule has 17 heavy (non-hydrogen) atoms. The molecule has 0 aliphatic rings. The number of rotatable bonds is 6. The number of anilines is 1. The summed E-state index contributed by atoms with van der Waals surface area (Å²) in [6.45, 7) is 2.14. The van der Waals surface area contributed by atoms with E-state index < -0.39 is 0 Å². The molecule has 90 valence electrons. The molecule has 0 saturated heterocycles. The Kier molecular flexibility index (Phi) is 6.19. The number of carbonyl (C=O) groups excluding carboxylic acids is 1. The first-order valence-electron chi connectivity index (χ1n) is 5.64. The lowest BCUT2D eigenvalue weighted by Gasteiger charge is -2.04. The molecule has 4 heteroatoms. The molecule has 0 aliphatic carbocycles. The third kappa shape index (κ3) is 5.41. The molecule has 0 aliphatic heterocycles. The van der Waals surface area contributed by atoms with Crippen molar-refractivity contribution in [2.75, 3.05) is 16.8 Å². The zero-order valence-electron chi connectivity index (χ0n) is 9.90. The Morgan fingerprint density at radius 1 is 1.41 bits per heavy atom. The minimum absolute atomic E-state index is 0.0100. The fourth-order valence-electron chi connectivity index (χ4n) is 1.24. The van der Waals surface area contributed by atoms with Gasteiger partial charge in [0.25, 0.3) is 0 Å². The van der Waals surface area contributed by atoms with Crippen molar-refractivity contribution in [1.82, 2.24) is 0 Å². The lowest BCUT2D eigenvalue weighted by Crippen LogP contribution is -2.14. The van der Waals surface area contributed by atoms with Gasteiger partial charge in [-0.2, -0.15) is 17.0 Å². The van der Waals surface area contributed by atoms with E-state index in [4.69, 9.17) is 5.26 Å². The number of unbranched alkanes of at least 4 members (excludes halogenated alkanes) is 1. The molecule has 0 unspecified atom stereocenters. The van der Waals surface area contributed by atoms with Crippen molar-refractivity contribution < 1.29 is 4.79 Å². The van der Waals surface area contributed by atoms with E-state index in [-0.39, 0.29) is 5.91 Å². The summed E-state index contributed by atoms with van der Waals surface area (Å²) in [5, 5.41) is 11.4. The topological polar surface area (TPSA) is 52.9 Å². The van der Waals surface area contributed by atoms with Crippen molar-refractivity contribution in [2.24, 2.45) is 0 Å². The van der Waals surface area contributed by atoms with Crippen LogP contribution in [0.3, 0.4) is 0 Å². The number of nitrogens with one attached hydrogen (secondary N) is 1. The minimum atomic E-state index is 0.0100. The Morgan fingerprint density at radius 2 is 2.12 bits per heavy atom. The van der Waals surface area contributed by atoms with E-state index in [9.17, 15) is 4.79 Å². The van der Waals surface area contributed by atoms with Crippen LogP contribution in [0, 0.1) is 11.3 Å². The van der Waals surface area contributed by atoms with Crippen molar-refractivity contribution in [3.63, 3.8) is 0 Å². The summed E-state index contributed by atoms with van der Waals surface area (Å²) in [6, 6.07) is 8.91. The summed E-state index contributed by atoms with van der Waals surface area (Å²) < 4.78 is 0. The molecule has 0 radical (unpaired) electrons. The smallest absolute Gasteiger partial charge is 0.234 e. The van der Waals surface area contributed by atoms with E-state index in [1.807, 2.05) is 6.07 Å². The monoisotopic (exact) mass is 248 g/mol. The number of hydrogen-bond donors (Lipinski definition) is 1. The number of amides is 1. The van der Waals surface area contributed by atoms with Gasteiger partial charge in [-0.25, -0.2) is 0 Å². The molecular formula is C13H16N2OS. The summed E-state index contributed by atoms with van der Waals surface area (Å²) in [5.74, 6) is 1.52. The van der Waals surface area contributed by atoms with Crippen molar-refractivity contribution in [2.45, 2.75) is 19.8 Å². The summed E-state index contributed by atoms with van der Waals surface area (Å²) >= 11 is 1.65. The molecule has 0 heterocycles. The fraction of sp³-hybridized carbons (Fsp3) is 0.385. The van der Waals surface area contributed by atoms with E-state index >= 15 is 0 Å². The average molecular weight is 248 g/mol. The molecule has 0 saturated carbocycles. The van der Waals surface area contributed by atoms with Crippen LogP contribution < -0.4 is 5.32 Å². The molecule has 0 aromatic heterocycles. The van der Waals surface area contributed by atoms with Crippen LogP contribution in [0.25, 0.3) is 0 Å². The lowest BCUT2D eigenvalue weighted by atomic mass is 10.2. The van der Waals surface area contributed by atoms with Crippen LogP contribution in [-0.2, 0) is 4.79 Å². The quantitative estimate of drug-likeness (QED) is 0.787. The van der Waals surface area contributed by atoms with Gasteiger partial charge in [-0.3, -0.25) is 4.79 Å². The Hall–Kier alpha value is -1.47. The maximum absolute atomic E-state index is 11.5. The van der Waals surface area contributed by atoms with Gasteiger partial charge < -0.3 is 5.32 Å². The molecule has 1 rings (SSSR count). The normalized spacial score (nSPS) is 9.65. The van der Waals surface area contributed by atoms with Crippen LogP contribution in [0.5, 0.6) is 0 Å². The molecule has 0 spiro atoms. The third-order valence-electron chi connectivity index (χ3n) is 2.17. The lowest BCUT2D eigenvalue weighted by molar-refractivity contribution is -0.113. The second-order valence-corrected chi connectivity index (χ2v) is 4.75. The standard InChI is InChI=1S/C13H16N2OS/c1-2-3-8-17-10-13(16)15-12-6-4-11(9-14)5-7-12/h4-7H,2-3,8,10H2,1H3,(H,15,16). The number of hydrogen-bond acceptors (Lipinski definition) is 3. The number of nitriles is 1. The second kappa shape index (κ2) is 7.75. The summed E-state index contributed by atoms with van der Waals surface area (Å²) in [7, 11) is 0. The Morgan fingerprint density at radius 3 is 2.71 bits per heavy atom. The van der Waals surface area contributed by atoms with Crippen molar-refractivity contribution in [3.8, 4) is 6.07 Å². The van der Waals surface area contributed by atoms with Crippen LogP contribution in [-0.4, -0.2) is 17.4 Å². The van der Waals surface area contributed by atoms with Gasteiger partial charge in [-0.1, -0.05) is 13.3 Å². The van der Waals surface area contributed by atoms with Gasteiger partial charge in [0.05, 0.1) is 17.4 Å². The van der Waals surface area contributed by atoms with Gasteiger partial charge in [0.2, 0.25) is 5.91 Å². The SMILES string of the molecule is CCCCSCC(=O)Nc1ccc(C#N)cc1. The fourth-order valence-corrected chi connectivity index (χ4v) is 2.13. The Labute approximate surface area is 106 Å². The van der Waals surface area contributed by atoms with Gasteiger partial charge in [-0.15, -0.1) is 0 Å². The zero-order chi connectivity index (χ0) is 12.5. The zero-order valence-corrected chi connectivity index (χ0v) is 10.7. The van der Waals surface area contributed by atoms with Gasteiger partial charge in [0.1, 0.15) is 0 Å². The summed E-state index contributed by atoms with van der Waals surface area (Å²) in [6.07, 6.45) is 2.30. The molecule has 1 aromatic rings. The number of thioether (sulfide) groups is 1. The minimum Gasteiger partial charge on any atom is -0.325 e. The number of benzene rings is 1. The molecule has 1 amide bonds. The highest BCUT2D eigenvalue weighted by Crippen LogP contribution is 2.10. The summed E-state index contributed by atoms with van der Waals surface area (Å²) in [4.78, 5) is 11.5. The van der Waals surface area contributed by atoms with Crippen molar-refractivity contribution in [1.29, 1.82) is 5.26 Å². The average Bonchev–Trinajstić information content (AvgIpc) is 2.36. The predicted molar refractivity (Wildman–Crippen MR) is 72.0 cm³/mol. The highest BCUT2D eigenvalue weighted by Gasteiger charge is 2.02. The maximum Gasteiger partial charge on any atom is 0.234 e. The molecule has 0 fully saturated rings. The number of carbonyl (C=O) groups is 1. The van der Waals surface area contributed by atoms with Crippen LogP contribution in [0.15, 0.2) is 24.3 Å². The van der Waals surface area contributed by atoms with Gasteiger partial charge in [-0.05, 0) is 36.4 Å². The molecule has 3 nitrogen and oxygen atoms in total. The Bertz CT molecular complexity index is 395. The number of nitrogens with zero attached hydrogens (tertiary/aromatic N) is 1. The first-order valence-corrected chi connectivity index (χ1v) is 6.79. The highest BCUT2D eigenvalue weighted by atomic mass is 32.2. The largest absolute Gasteiger partial charge is 0.325 e. The van der Waals surface area contributed by atoms with Crippen molar-refractivity contribution in [3.05, 3.63) is 29.8 Å². The van der Waals surface area contributed by atoms with Crippen LogP contribution in [0.2, 0.25) is 0 Å².